The normalized spacial score (nSPS) is 17.0. The van der Waals surface area contributed by atoms with Crippen molar-refractivity contribution in [2.24, 2.45) is 16.1 Å². The Morgan fingerprint density at radius 3 is 2.85 bits per heavy atom. The molecule has 1 aliphatic rings. The molecule has 26 heavy (non-hydrogen) atoms. The van der Waals surface area contributed by atoms with Crippen molar-refractivity contribution in [3.8, 4) is 0 Å². The monoisotopic (exact) mass is 355 g/mol. The number of imide groups is 1. The van der Waals surface area contributed by atoms with Crippen molar-refractivity contribution in [1.82, 2.24) is 9.88 Å². The molecule has 0 aliphatic carbocycles. The summed E-state index contributed by atoms with van der Waals surface area (Å²) in [5, 5.41) is 12.9. The maximum atomic E-state index is 12.1. The van der Waals surface area contributed by atoms with Gasteiger partial charge in [0, 0.05) is 35.8 Å². The lowest BCUT2D eigenvalue weighted by atomic mass is 10.1. The number of carbonyl (C=O) groups is 3. The second kappa shape index (κ2) is 7.47. The van der Waals surface area contributed by atoms with Crippen molar-refractivity contribution in [1.29, 1.82) is 0 Å². The number of nitrogens with one attached hydrogen (secondary N) is 2. The van der Waals surface area contributed by atoms with Crippen LogP contribution in [0.2, 0.25) is 0 Å². The molecule has 136 valence electrons. The van der Waals surface area contributed by atoms with Gasteiger partial charge in [0.2, 0.25) is 5.91 Å². The minimum absolute atomic E-state index is 0.109. The van der Waals surface area contributed by atoms with Gasteiger partial charge in [0.05, 0.1) is 0 Å². The predicted molar refractivity (Wildman–Crippen MR) is 96.8 cm³/mol. The van der Waals surface area contributed by atoms with Gasteiger partial charge in [-0.15, -0.1) is 0 Å². The van der Waals surface area contributed by atoms with Crippen molar-refractivity contribution in [2.75, 3.05) is 5.32 Å². The number of fused-ring (bicyclic) bond motifs is 1. The first-order valence-electron chi connectivity index (χ1n) is 8.57. The number of benzene rings is 1. The molecule has 1 aromatic carbocycles. The number of anilines is 1. The Morgan fingerprint density at radius 1 is 1.31 bits per heavy atom. The lowest BCUT2D eigenvalue weighted by Gasteiger charge is -2.13. The van der Waals surface area contributed by atoms with Gasteiger partial charge in [-0.2, -0.15) is 5.11 Å². The molecular formula is C18H21N5O3. The van der Waals surface area contributed by atoms with Crippen molar-refractivity contribution in [3.05, 3.63) is 30.5 Å². The Bertz CT molecular complexity index is 884. The van der Waals surface area contributed by atoms with E-state index in [4.69, 9.17) is 0 Å². The standard InChI is InChI=1S/C18H21N5O3/c1-11(2)10-23-8-7-12-9-13(3-5-15(12)23)19-16(24)6-4-14-17(25)20-18(26)22-21-14/h3,5,7-9,11,14H,4,6,10H2,1-2H3,(H,19,24)(H,20,25,26). The fraction of sp³-hybridized carbons (Fsp3) is 0.389. The smallest absolute Gasteiger partial charge is 0.347 e. The van der Waals surface area contributed by atoms with Crippen LogP contribution in [0, 0.1) is 5.92 Å². The van der Waals surface area contributed by atoms with Gasteiger partial charge in [0.1, 0.15) is 0 Å². The summed E-state index contributed by atoms with van der Waals surface area (Å²) in [5.74, 6) is -0.189. The van der Waals surface area contributed by atoms with E-state index in [0.29, 0.717) is 11.6 Å². The zero-order valence-electron chi connectivity index (χ0n) is 14.7. The molecule has 1 aliphatic heterocycles. The maximum absolute atomic E-state index is 12.1. The number of carbonyl (C=O) groups excluding carboxylic acids is 3. The van der Waals surface area contributed by atoms with Gasteiger partial charge in [-0.3, -0.25) is 14.9 Å². The Labute approximate surface area is 150 Å². The van der Waals surface area contributed by atoms with E-state index in [0.717, 1.165) is 17.4 Å². The molecule has 2 heterocycles. The minimum atomic E-state index is -0.800. The summed E-state index contributed by atoms with van der Waals surface area (Å²) in [6, 6.07) is 6.23. The van der Waals surface area contributed by atoms with Crippen LogP contribution in [0.4, 0.5) is 10.5 Å². The highest BCUT2D eigenvalue weighted by Crippen LogP contribution is 2.22. The van der Waals surface area contributed by atoms with Gasteiger partial charge in [-0.05, 0) is 36.6 Å². The van der Waals surface area contributed by atoms with Gasteiger partial charge >= 0.3 is 6.03 Å². The average Bonchev–Trinajstić information content (AvgIpc) is 2.95. The van der Waals surface area contributed by atoms with Gasteiger partial charge < -0.3 is 9.88 Å². The third-order valence-electron chi connectivity index (χ3n) is 4.08. The number of hydrogen-bond donors (Lipinski definition) is 2. The van der Waals surface area contributed by atoms with Crippen LogP contribution in [0.1, 0.15) is 26.7 Å². The molecule has 4 amide bonds. The van der Waals surface area contributed by atoms with E-state index in [9.17, 15) is 14.4 Å². The summed E-state index contributed by atoms with van der Waals surface area (Å²) in [6.45, 7) is 5.28. The highest BCUT2D eigenvalue weighted by atomic mass is 16.2. The van der Waals surface area contributed by atoms with Crippen LogP contribution in [0.15, 0.2) is 40.7 Å². The average molecular weight is 355 g/mol. The fourth-order valence-corrected chi connectivity index (χ4v) is 2.90. The van der Waals surface area contributed by atoms with E-state index in [1.54, 1.807) is 0 Å². The van der Waals surface area contributed by atoms with Crippen LogP contribution in [0.3, 0.4) is 0 Å². The Hall–Kier alpha value is -3.03. The zero-order valence-corrected chi connectivity index (χ0v) is 14.7. The summed E-state index contributed by atoms with van der Waals surface area (Å²) >= 11 is 0. The van der Waals surface area contributed by atoms with Crippen molar-refractivity contribution < 1.29 is 14.4 Å². The summed E-state index contributed by atoms with van der Waals surface area (Å²) in [5.41, 5.74) is 1.83. The SMILES string of the molecule is CC(C)Cn1ccc2cc(NC(=O)CCC3N=NC(=O)NC3=O)ccc21. The lowest BCUT2D eigenvalue weighted by molar-refractivity contribution is -0.122. The first-order valence-corrected chi connectivity index (χ1v) is 8.57. The first-order chi connectivity index (χ1) is 12.4. The van der Waals surface area contributed by atoms with E-state index < -0.39 is 18.0 Å². The minimum Gasteiger partial charge on any atom is -0.347 e. The molecule has 2 N–H and O–H groups in total. The molecular weight excluding hydrogens is 334 g/mol. The van der Waals surface area contributed by atoms with Crippen LogP contribution < -0.4 is 10.6 Å². The topological polar surface area (TPSA) is 105 Å². The molecule has 8 heteroatoms. The molecule has 1 aromatic heterocycles. The molecule has 3 rings (SSSR count). The van der Waals surface area contributed by atoms with Crippen LogP contribution in [-0.2, 0) is 16.1 Å². The molecule has 1 unspecified atom stereocenters. The quantitative estimate of drug-likeness (QED) is 0.832. The van der Waals surface area contributed by atoms with Crippen LogP contribution >= 0.6 is 0 Å². The molecule has 0 saturated heterocycles. The Morgan fingerprint density at radius 2 is 2.12 bits per heavy atom. The van der Waals surface area contributed by atoms with Crippen molar-refractivity contribution in [3.63, 3.8) is 0 Å². The Balaban J connectivity index is 1.60. The molecule has 0 saturated carbocycles. The number of nitrogens with zero attached hydrogens (tertiary/aromatic N) is 3. The summed E-state index contributed by atoms with van der Waals surface area (Å²) in [6.07, 6.45) is 2.35. The van der Waals surface area contributed by atoms with Crippen molar-refractivity contribution in [2.45, 2.75) is 39.3 Å². The van der Waals surface area contributed by atoms with E-state index >= 15 is 0 Å². The van der Waals surface area contributed by atoms with Gasteiger partial charge in [-0.1, -0.05) is 19.0 Å². The third-order valence-corrected chi connectivity index (χ3v) is 4.08. The number of amides is 4. The van der Waals surface area contributed by atoms with E-state index in [1.807, 2.05) is 30.5 Å². The lowest BCUT2D eigenvalue weighted by Crippen LogP contribution is -2.39. The molecule has 8 nitrogen and oxygen atoms in total. The van der Waals surface area contributed by atoms with Gasteiger partial charge in [0.25, 0.3) is 5.91 Å². The van der Waals surface area contributed by atoms with E-state index in [2.05, 4.69) is 39.3 Å². The van der Waals surface area contributed by atoms with Crippen molar-refractivity contribution >= 4 is 34.4 Å². The summed E-state index contributed by atoms with van der Waals surface area (Å²) in [4.78, 5) is 34.6. The van der Waals surface area contributed by atoms with Crippen LogP contribution in [0.5, 0.6) is 0 Å². The van der Waals surface area contributed by atoms with E-state index in [1.165, 1.54) is 0 Å². The highest BCUT2D eigenvalue weighted by molar-refractivity contribution is 5.99. The molecule has 0 fully saturated rings. The highest BCUT2D eigenvalue weighted by Gasteiger charge is 2.25. The fourth-order valence-electron chi connectivity index (χ4n) is 2.90. The molecule has 1 atom stereocenters. The number of rotatable bonds is 6. The van der Waals surface area contributed by atoms with Crippen LogP contribution in [-0.4, -0.2) is 28.5 Å². The molecule has 0 bridgehead atoms. The maximum Gasteiger partial charge on any atom is 0.365 e. The Kier molecular flexibility index (Phi) is 5.11. The molecule has 0 spiro atoms. The largest absolute Gasteiger partial charge is 0.365 e. The van der Waals surface area contributed by atoms with Gasteiger partial charge in [-0.25, -0.2) is 4.79 Å². The number of azo groups is 1. The number of urea groups is 1. The second-order valence-corrected chi connectivity index (χ2v) is 6.75. The summed E-state index contributed by atoms with van der Waals surface area (Å²) < 4.78 is 2.19. The third kappa shape index (κ3) is 4.14. The number of hydrogen-bond acceptors (Lipinski definition) is 4. The van der Waals surface area contributed by atoms with E-state index in [-0.39, 0.29) is 18.7 Å². The molecule has 2 aromatic rings. The van der Waals surface area contributed by atoms with Crippen LogP contribution in [0.25, 0.3) is 10.9 Å². The predicted octanol–water partition coefficient (Wildman–Crippen LogP) is 3.09. The second-order valence-electron chi connectivity index (χ2n) is 6.75. The number of aromatic nitrogens is 1. The summed E-state index contributed by atoms with van der Waals surface area (Å²) in [7, 11) is 0. The zero-order chi connectivity index (χ0) is 18.7. The van der Waals surface area contributed by atoms with Gasteiger partial charge in [0.15, 0.2) is 6.04 Å². The first kappa shape index (κ1) is 17.8. The molecule has 0 radical (unpaired) electrons.